The van der Waals surface area contributed by atoms with Crippen LogP contribution in [0.15, 0.2) is 82.5 Å². The number of sulfonamides is 1. The van der Waals surface area contributed by atoms with Gasteiger partial charge in [-0.3, -0.25) is 18.5 Å². The Labute approximate surface area is 189 Å². The molecular weight excluding hydrogens is 446 g/mol. The number of nitrogens with zero attached hydrogens (tertiary/aromatic N) is 2. The zero-order chi connectivity index (χ0) is 22.9. The standard InChI is InChI=1S/C23H21N3O4S2/c1-3-26-20-14-11-17(15-21(20)31-23(26)28)24-22(27)16-9-12-18(13-10-16)25(2)32(29,30)19-7-5-4-6-8-19/h4-15H,3H2,1-2H3,(H,24,27). The van der Waals surface area contributed by atoms with Gasteiger partial charge < -0.3 is 5.32 Å². The highest BCUT2D eigenvalue weighted by Gasteiger charge is 2.21. The monoisotopic (exact) mass is 467 g/mol. The molecule has 0 fully saturated rings. The van der Waals surface area contributed by atoms with Crippen molar-refractivity contribution in [2.75, 3.05) is 16.7 Å². The summed E-state index contributed by atoms with van der Waals surface area (Å²) in [6.07, 6.45) is 0. The molecule has 0 aliphatic heterocycles. The lowest BCUT2D eigenvalue weighted by Crippen LogP contribution is -2.26. The zero-order valence-electron chi connectivity index (χ0n) is 17.5. The van der Waals surface area contributed by atoms with Crippen molar-refractivity contribution in [1.82, 2.24) is 4.57 Å². The number of thiazole rings is 1. The first-order valence-electron chi connectivity index (χ1n) is 9.90. The molecule has 0 saturated heterocycles. The maximum absolute atomic E-state index is 12.8. The molecule has 32 heavy (non-hydrogen) atoms. The summed E-state index contributed by atoms with van der Waals surface area (Å²) < 4.78 is 29.2. The fourth-order valence-corrected chi connectivity index (χ4v) is 5.57. The van der Waals surface area contributed by atoms with Crippen LogP contribution >= 0.6 is 11.3 Å². The van der Waals surface area contributed by atoms with E-state index in [1.165, 1.54) is 23.5 Å². The van der Waals surface area contributed by atoms with Crippen molar-refractivity contribution in [3.8, 4) is 0 Å². The van der Waals surface area contributed by atoms with Crippen LogP contribution in [0, 0.1) is 0 Å². The van der Waals surface area contributed by atoms with Crippen molar-refractivity contribution in [2.45, 2.75) is 18.4 Å². The minimum absolute atomic E-state index is 0.0314. The summed E-state index contributed by atoms with van der Waals surface area (Å²) in [5, 5.41) is 2.83. The van der Waals surface area contributed by atoms with Gasteiger partial charge in [-0.1, -0.05) is 29.5 Å². The minimum Gasteiger partial charge on any atom is -0.322 e. The molecule has 0 spiro atoms. The third-order valence-corrected chi connectivity index (χ3v) is 7.88. The van der Waals surface area contributed by atoms with Gasteiger partial charge in [-0.15, -0.1) is 0 Å². The van der Waals surface area contributed by atoms with E-state index in [1.807, 2.05) is 13.0 Å². The molecule has 4 aromatic rings. The molecule has 3 aromatic carbocycles. The van der Waals surface area contributed by atoms with Crippen LogP contribution in [0.1, 0.15) is 17.3 Å². The average Bonchev–Trinajstić information content (AvgIpc) is 3.13. The molecule has 4 rings (SSSR count). The van der Waals surface area contributed by atoms with Crippen LogP contribution in [0.2, 0.25) is 0 Å². The van der Waals surface area contributed by atoms with Crippen LogP contribution in [0.4, 0.5) is 11.4 Å². The molecule has 0 saturated carbocycles. The van der Waals surface area contributed by atoms with E-state index < -0.39 is 10.0 Å². The van der Waals surface area contributed by atoms with Gasteiger partial charge in [-0.05, 0) is 61.5 Å². The zero-order valence-corrected chi connectivity index (χ0v) is 19.1. The van der Waals surface area contributed by atoms with E-state index in [4.69, 9.17) is 0 Å². The van der Waals surface area contributed by atoms with Crippen LogP contribution in [0.25, 0.3) is 10.2 Å². The van der Waals surface area contributed by atoms with E-state index in [2.05, 4.69) is 5.32 Å². The maximum atomic E-state index is 12.8. The SMILES string of the molecule is CCn1c(=O)sc2cc(NC(=O)c3ccc(N(C)S(=O)(=O)c4ccccc4)cc3)ccc21. The predicted octanol–water partition coefficient (Wildman–Crippen LogP) is 4.16. The Morgan fingerprint density at radius 1 is 1.03 bits per heavy atom. The van der Waals surface area contributed by atoms with Gasteiger partial charge in [-0.2, -0.15) is 0 Å². The fraction of sp³-hybridized carbons (Fsp3) is 0.130. The topological polar surface area (TPSA) is 88.5 Å². The molecule has 0 aliphatic rings. The van der Waals surface area contributed by atoms with E-state index >= 15 is 0 Å². The number of amides is 1. The summed E-state index contributed by atoms with van der Waals surface area (Å²) in [5.74, 6) is -0.327. The second-order valence-corrected chi connectivity index (χ2v) is 10.0. The second-order valence-electron chi connectivity index (χ2n) is 7.08. The Morgan fingerprint density at radius 2 is 1.72 bits per heavy atom. The van der Waals surface area contributed by atoms with Crippen LogP contribution < -0.4 is 14.5 Å². The Bertz CT molecular complexity index is 1440. The summed E-state index contributed by atoms with van der Waals surface area (Å²) >= 11 is 1.14. The predicted molar refractivity (Wildman–Crippen MR) is 128 cm³/mol. The summed E-state index contributed by atoms with van der Waals surface area (Å²) in [6.45, 7) is 2.50. The lowest BCUT2D eigenvalue weighted by Gasteiger charge is -2.19. The van der Waals surface area contributed by atoms with Gasteiger partial charge >= 0.3 is 4.87 Å². The van der Waals surface area contributed by atoms with E-state index in [0.29, 0.717) is 23.5 Å². The van der Waals surface area contributed by atoms with Crippen LogP contribution in [0.3, 0.4) is 0 Å². The lowest BCUT2D eigenvalue weighted by molar-refractivity contribution is 0.102. The van der Waals surface area contributed by atoms with Crippen molar-refractivity contribution >= 4 is 48.9 Å². The van der Waals surface area contributed by atoms with Gasteiger partial charge in [0.1, 0.15) is 0 Å². The van der Waals surface area contributed by atoms with Gasteiger partial charge in [0, 0.05) is 24.8 Å². The third-order valence-electron chi connectivity index (χ3n) is 5.14. The molecule has 0 radical (unpaired) electrons. The number of carbonyl (C=O) groups excluding carboxylic acids is 1. The molecule has 9 heteroatoms. The van der Waals surface area contributed by atoms with E-state index in [9.17, 15) is 18.0 Å². The number of nitrogens with one attached hydrogen (secondary N) is 1. The lowest BCUT2D eigenvalue weighted by atomic mass is 10.2. The van der Waals surface area contributed by atoms with Crippen molar-refractivity contribution in [3.63, 3.8) is 0 Å². The van der Waals surface area contributed by atoms with Crippen LogP contribution in [-0.2, 0) is 16.6 Å². The van der Waals surface area contributed by atoms with Crippen molar-refractivity contribution in [1.29, 1.82) is 0 Å². The van der Waals surface area contributed by atoms with Gasteiger partial charge in [0.15, 0.2) is 0 Å². The Morgan fingerprint density at radius 3 is 2.38 bits per heavy atom. The summed E-state index contributed by atoms with van der Waals surface area (Å²) in [7, 11) is -2.22. The summed E-state index contributed by atoms with van der Waals surface area (Å²) in [4.78, 5) is 24.9. The Balaban J connectivity index is 1.52. The summed E-state index contributed by atoms with van der Waals surface area (Å²) in [6, 6.07) is 19.8. The quantitative estimate of drug-likeness (QED) is 0.461. The van der Waals surface area contributed by atoms with E-state index in [0.717, 1.165) is 21.6 Å². The number of benzene rings is 3. The van der Waals surface area contributed by atoms with Gasteiger partial charge in [0.2, 0.25) is 0 Å². The fourth-order valence-electron chi connectivity index (χ4n) is 3.36. The number of hydrogen-bond donors (Lipinski definition) is 1. The van der Waals surface area contributed by atoms with Crippen LogP contribution in [-0.4, -0.2) is 25.9 Å². The number of fused-ring (bicyclic) bond motifs is 1. The number of hydrogen-bond acceptors (Lipinski definition) is 5. The number of aromatic nitrogens is 1. The molecule has 0 unspecified atom stereocenters. The maximum Gasteiger partial charge on any atom is 0.308 e. The first-order chi connectivity index (χ1) is 15.3. The molecule has 0 bridgehead atoms. The highest BCUT2D eigenvalue weighted by molar-refractivity contribution is 7.92. The van der Waals surface area contributed by atoms with Crippen molar-refractivity contribution in [2.24, 2.45) is 0 Å². The highest BCUT2D eigenvalue weighted by Crippen LogP contribution is 2.24. The third kappa shape index (κ3) is 4.04. The van der Waals surface area contributed by atoms with E-state index in [-0.39, 0.29) is 15.7 Å². The smallest absolute Gasteiger partial charge is 0.308 e. The molecule has 1 aromatic heterocycles. The molecule has 1 amide bonds. The first-order valence-corrected chi connectivity index (χ1v) is 12.2. The Hall–Kier alpha value is -3.43. The second kappa shape index (κ2) is 8.60. The molecule has 164 valence electrons. The average molecular weight is 468 g/mol. The molecule has 1 N–H and O–H groups in total. The van der Waals surface area contributed by atoms with Crippen LogP contribution in [0.5, 0.6) is 0 Å². The van der Waals surface area contributed by atoms with E-state index in [1.54, 1.807) is 59.2 Å². The number of aryl methyl sites for hydroxylation is 1. The molecule has 7 nitrogen and oxygen atoms in total. The normalized spacial score (nSPS) is 11.4. The first kappa shape index (κ1) is 21.8. The molecule has 1 heterocycles. The largest absolute Gasteiger partial charge is 0.322 e. The summed E-state index contributed by atoms with van der Waals surface area (Å²) in [5.41, 5.74) is 2.25. The molecule has 0 aliphatic carbocycles. The Kier molecular flexibility index (Phi) is 5.86. The molecule has 0 atom stereocenters. The number of rotatable bonds is 6. The molecular formula is C23H21N3O4S2. The number of anilines is 2. The van der Waals surface area contributed by atoms with Gasteiger partial charge in [0.05, 0.1) is 20.8 Å². The van der Waals surface area contributed by atoms with Crippen molar-refractivity contribution < 1.29 is 13.2 Å². The number of carbonyl (C=O) groups is 1. The van der Waals surface area contributed by atoms with Gasteiger partial charge in [-0.25, -0.2) is 8.42 Å². The van der Waals surface area contributed by atoms with Gasteiger partial charge in [0.25, 0.3) is 15.9 Å². The van der Waals surface area contributed by atoms with Crippen molar-refractivity contribution in [3.05, 3.63) is 88.0 Å². The highest BCUT2D eigenvalue weighted by atomic mass is 32.2. The minimum atomic E-state index is -3.69.